The third kappa shape index (κ3) is 4.69. The first-order valence-electron chi connectivity index (χ1n) is 6.57. The van der Waals surface area contributed by atoms with E-state index in [1.54, 1.807) is 30.3 Å². The number of nitrogens with zero attached hydrogens (tertiary/aromatic N) is 1. The summed E-state index contributed by atoms with van der Waals surface area (Å²) in [6.45, 7) is 0.290. The molecule has 0 unspecified atom stereocenters. The number of nitrogens with one attached hydrogen (secondary N) is 2. The number of rotatable bonds is 5. The van der Waals surface area contributed by atoms with Gasteiger partial charge in [0.1, 0.15) is 11.8 Å². The molecule has 0 atom stereocenters. The number of carbonyl (C=O) groups excluding carboxylic acids is 1. The predicted molar refractivity (Wildman–Crippen MR) is 84.9 cm³/mol. The van der Waals surface area contributed by atoms with Crippen molar-refractivity contribution in [2.24, 2.45) is 0 Å². The van der Waals surface area contributed by atoms with Crippen LogP contribution in [0, 0.1) is 11.3 Å². The molecule has 0 heterocycles. The van der Waals surface area contributed by atoms with Gasteiger partial charge in [-0.1, -0.05) is 35.9 Å². The van der Waals surface area contributed by atoms with E-state index < -0.39 is 0 Å². The Kier molecular flexibility index (Phi) is 5.64. The highest BCUT2D eigenvalue weighted by Crippen LogP contribution is 2.17. The Morgan fingerprint density at radius 1 is 1.23 bits per heavy atom. The lowest BCUT2D eigenvalue weighted by molar-refractivity contribution is 0.251. The molecule has 6 heteroatoms. The van der Waals surface area contributed by atoms with E-state index in [1.165, 1.54) is 0 Å². The molecule has 2 rings (SSSR count). The number of carbonyl (C=O) groups is 1. The van der Waals surface area contributed by atoms with Gasteiger partial charge in [-0.05, 0) is 23.8 Å². The summed E-state index contributed by atoms with van der Waals surface area (Å²) in [5.74, 6) is 0.519. The van der Waals surface area contributed by atoms with Crippen LogP contribution in [0.25, 0.3) is 0 Å². The van der Waals surface area contributed by atoms with Crippen molar-refractivity contribution in [3.8, 4) is 11.8 Å². The van der Waals surface area contributed by atoms with Gasteiger partial charge in [-0.15, -0.1) is 0 Å². The maximum absolute atomic E-state index is 11.9. The van der Waals surface area contributed by atoms with Gasteiger partial charge in [0, 0.05) is 23.3 Å². The number of hydrogen-bond acceptors (Lipinski definition) is 3. The number of nitriles is 1. The lowest BCUT2D eigenvalue weighted by Crippen LogP contribution is -2.28. The van der Waals surface area contributed by atoms with E-state index in [1.807, 2.05) is 24.3 Å². The number of halogens is 1. The second kappa shape index (κ2) is 7.91. The van der Waals surface area contributed by atoms with Crippen molar-refractivity contribution in [1.29, 1.82) is 5.26 Å². The summed E-state index contributed by atoms with van der Waals surface area (Å²) in [5.41, 5.74) is 1.41. The molecule has 0 aliphatic carbocycles. The average molecular weight is 316 g/mol. The molecule has 0 radical (unpaired) electrons. The van der Waals surface area contributed by atoms with Crippen molar-refractivity contribution in [1.82, 2.24) is 5.32 Å². The summed E-state index contributed by atoms with van der Waals surface area (Å²) in [6, 6.07) is 15.7. The minimum absolute atomic E-state index is 0.0395. The van der Waals surface area contributed by atoms with Gasteiger partial charge in [-0.3, -0.25) is 0 Å². The summed E-state index contributed by atoms with van der Waals surface area (Å²) in [6.07, 6.45) is 0. The van der Waals surface area contributed by atoms with Gasteiger partial charge in [-0.25, -0.2) is 4.79 Å². The molecule has 0 fully saturated rings. The molecule has 2 aromatic rings. The van der Waals surface area contributed by atoms with Crippen LogP contribution >= 0.6 is 11.6 Å². The Bertz CT molecular complexity index is 698. The van der Waals surface area contributed by atoms with Crippen molar-refractivity contribution >= 4 is 23.3 Å². The van der Waals surface area contributed by atoms with Crippen LogP contribution in [0.1, 0.15) is 5.56 Å². The molecular weight excluding hydrogens is 302 g/mol. The molecule has 112 valence electrons. The zero-order chi connectivity index (χ0) is 15.8. The lowest BCUT2D eigenvalue weighted by atomic mass is 10.2. The maximum Gasteiger partial charge on any atom is 0.319 e. The minimum atomic E-state index is -0.350. The van der Waals surface area contributed by atoms with Crippen LogP contribution in [0.5, 0.6) is 5.75 Å². The topological polar surface area (TPSA) is 74.1 Å². The SMILES string of the molecule is N#CCOc1cccc(NC(=O)NCc2ccccc2Cl)c1. The zero-order valence-corrected chi connectivity index (χ0v) is 12.4. The third-order valence-electron chi connectivity index (χ3n) is 2.79. The van der Waals surface area contributed by atoms with Gasteiger partial charge in [-0.2, -0.15) is 5.26 Å². The number of amides is 2. The van der Waals surface area contributed by atoms with Crippen molar-refractivity contribution < 1.29 is 9.53 Å². The number of urea groups is 1. The Morgan fingerprint density at radius 3 is 2.82 bits per heavy atom. The Balaban J connectivity index is 1.89. The first-order valence-corrected chi connectivity index (χ1v) is 6.95. The summed E-state index contributed by atoms with van der Waals surface area (Å²) >= 11 is 6.02. The quantitative estimate of drug-likeness (QED) is 0.886. The second-order valence-corrected chi connectivity index (χ2v) is 4.78. The van der Waals surface area contributed by atoms with Crippen molar-refractivity contribution in [2.45, 2.75) is 6.54 Å². The van der Waals surface area contributed by atoms with E-state index in [4.69, 9.17) is 21.6 Å². The monoisotopic (exact) mass is 315 g/mol. The minimum Gasteiger partial charge on any atom is -0.479 e. The first kappa shape index (κ1) is 15.7. The molecule has 0 spiro atoms. The highest BCUT2D eigenvalue weighted by molar-refractivity contribution is 6.31. The van der Waals surface area contributed by atoms with Crippen molar-refractivity contribution in [2.75, 3.05) is 11.9 Å². The van der Waals surface area contributed by atoms with Crippen LogP contribution < -0.4 is 15.4 Å². The summed E-state index contributed by atoms with van der Waals surface area (Å²) in [4.78, 5) is 11.9. The van der Waals surface area contributed by atoms with E-state index in [0.29, 0.717) is 23.0 Å². The van der Waals surface area contributed by atoms with Crippen LogP contribution in [0.4, 0.5) is 10.5 Å². The molecule has 22 heavy (non-hydrogen) atoms. The van der Waals surface area contributed by atoms with Crippen LogP contribution in [0.15, 0.2) is 48.5 Å². The summed E-state index contributed by atoms with van der Waals surface area (Å²) < 4.78 is 5.17. The largest absolute Gasteiger partial charge is 0.479 e. The van der Waals surface area contributed by atoms with Gasteiger partial charge in [0.05, 0.1) is 0 Å². The Hall–Kier alpha value is -2.71. The maximum atomic E-state index is 11.9. The highest BCUT2D eigenvalue weighted by Gasteiger charge is 2.04. The van der Waals surface area contributed by atoms with E-state index in [2.05, 4.69) is 10.6 Å². The molecule has 0 aromatic heterocycles. The standard InChI is InChI=1S/C16H14ClN3O2/c17-15-7-2-1-4-12(15)11-19-16(21)20-13-5-3-6-14(10-13)22-9-8-18/h1-7,10H,9,11H2,(H2,19,20,21). The van der Waals surface area contributed by atoms with E-state index >= 15 is 0 Å². The number of benzene rings is 2. The molecule has 0 saturated carbocycles. The van der Waals surface area contributed by atoms with Crippen LogP contribution in [-0.2, 0) is 6.54 Å². The molecule has 5 nitrogen and oxygen atoms in total. The molecule has 2 amide bonds. The lowest BCUT2D eigenvalue weighted by Gasteiger charge is -2.10. The van der Waals surface area contributed by atoms with Gasteiger partial charge in [0.15, 0.2) is 6.61 Å². The van der Waals surface area contributed by atoms with Crippen LogP contribution in [0.2, 0.25) is 5.02 Å². The fourth-order valence-corrected chi connectivity index (χ4v) is 1.97. The summed E-state index contributed by atoms with van der Waals surface area (Å²) in [7, 11) is 0. The number of ether oxygens (including phenoxy) is 1. The van der Waals surface area contributed by atoms with Gasteiger partial charge in [0.25, 0.3) is 0 Å². The molecule has 0 aliphatic rings. The van der Waals surface area contributed by atoms with E-state index in [-0.39, 0.29) is 12.6 Å². The van der Waals surface area contributed by atoms with Gasteiger partial charge >= 0.3 is 6.03 Å². The van der Waals surface area contributed by atoms with Gasteiger partial charge < -0.3 is 15.4 Å². The fourth-order valence-electron chi connectivity index (χ4n) is 1.77. The predicted octanol–water partition coefficient (Wildman–Crippen LogP) is 3.56. The van der Waals surface area contributed by atoms with E-state index in [0.717, 1.165) is 5.56 Å². The molecule has 0 bridgehead atoms. The van der Waals surface area contributed by atoms with Crippen molar-refractivity contribution in [3.63, 3.8) is 0 Å². The fraction of sp³-hybridized carbons (Fsp3) is 0.125. The Morgan fingerprint density at radius 2 is 2.05 bits per heavy atom. The molecule has 2 N–H and O–H groups in total. The molecule has 0 aliphatic heterocycles. The molecule has 2 aromatic carbocycles. The number of hydrogen-bond donors (Lipinski definition) is 2. The third-order valence-corrected chi connectivity index (χ3v) is 3.16. The normalized spacial score (nSPS) is 9.64. The second-order valence-electron chi connectivity index (χ2n) is 4.37. The number of anilines is 1. The van der Waals surface area contributed by atoms with E-state index in [9.17, 15) is 4.79 Å². The summed E-state index contributed by atoms with van der Waals surface area (Å²) in [5, 5.41) is 14.5. The zero-order valence-electron chi connectivity index (χ0n) is 11.7. The van der Waals surface area contributed by atoms with Crippen LogP contribution in [0.3, 0.4) is 0 Å². The van der Waals surface area contributed by atoms with Crippen LogP contribution in [-0.4, -0.2) is 12.6 Å². The van der Waals surface area contributed by atoms with Gasteiger partial charge in [0.2, 0.25) is 0 Å². The average Bonchev–Trinajstić information content (AvgIpc) is 2.52. The van der Waals surface area contributed by atoms with Crippen molar-refractivity contribution in [3.05, 3.63) is 59.1 Å². The Labute approximate surface area is 133 Å². The molecule has 0 saturated heterocycles. The molecular formula is C16H14ClN3O2. The highest BCUT2D eigenvalue weighted by atomic mass is 35.5. The smallest absolute Gasteiger partial charge is 0.319 e. The first-order chi connectivity index (χ1) is 10.7.